The molecule has 0 radical (unpaired) electrons. The van der Waals surface area contributed by atoms with Crippen LogP contribution in [0.3, 0.4) is 0 Å². The van der Waals surface area contributed by atoms with Crippen LogP contribution in [0.25, 0.3) is 0 Å². The van der Waals surface area contributed by atoms with Gasteiger partial charge in [0.2, 0.25) is 0 Å². The summed E-state index contributed by atoms with van der Waals surface area (Å²) in [5, 5.41) is 12.7. The van der Waals surface area contributed by atoms with E-state index in [2.05, 4.69) is 28.2 Å². The van der Waals surface area contributed by atoms with Crippen LogP contribution in [0.2, 0.25) is 0 Å². The molecule has 0 amide bonds. The van der Waals surface area contributed by atoms with Crippen molar-refractivity contribution >= 4 is 15.9 Å². The quantitative estimate of drug-likeness (QED) is 0.761. The molecule has 0 aliphatic heterocycles. The third kappa shape index (κ3) is 3.65. The molecule has 112 valence electrons. The predicted octanol–water partition coefficient (Wildman–Crippen LogP) is 2.86. The topological polar surface area (TPSA) is 50.7 Å². The van der Waals surface area contributed by atoms with Gasteiger partial charge in [-0.2, -0.15) is 0 Å². The van der Waals surface area contributed by atoms with E-state index in [1.807, 2.05) is 12.1 Å². The lowest BCUT2D eigenvalue weighted by Crippen LogP contribution is -2.34. The molecule has 1 aromatic rings. The smallest absolute Gasteiger partial charge is 0.175 e. The maximum atomic E-state index is 9.31. The summed E-state index contributed by atoms with van der Waals surface area (Å²) in [6, 6.07) is 4.02. The Hall–Kier alpha value is -0.780. The minimum Gasteiger partial charge on any atom is -0.493 e. The second kappa shape index (κ2) is 6.78. The molecule has 1 saturated carbocycles. The van der Waals surface area contributed by atoms with Gasteiger partial charge in [-0.3, -0.25) is 0 Å². The number of rotatable bonds is 8. The van der Waals surface area contributed by atoms with Gasteiger partial charge < -0.3 is 19.9 Å². The van der Waals surface area contributed by atoms with Crippen LogP contribution >= 0.6 is 15.9 Å². The monoisotopic (exact) mass is 343 g/mol. The van der Waals surface area contributed by atoms with Gasteiger partial charge in [-0.15, -0.1) is 0 Å². The summed E-state index contributed by atoms with van der Waals surface area (Å²) in [6.45, 7) is 3.65. The molecule has 1 aromatic carbocycles. The second-order valence-electron chi connectivity index (χ2n) is 5.25. The highest BCUT2D eigenvalue weighted by Crippen LogP contribution is 2.38. The first kappa shape index (κ1) is 15.6. The van der Waals surface area contributed by atoms with Gasteiger partial charge in [0.15, 0.2) is 11.5 Å². The van der Waals surface area contributed by atoms with E-state index < -0.39 is 0 Å². The van der Waals surface area contributed by atoms with Gasteiger partial charge in [0.1, 0.15) is 0 Å². The van der Waals surface area contributed by atoms with Gasteiger partial charge in [0.25, 0.3) is 0 Å². The van der Waals surface area contributed by atoms with Crippen LogP contribution in [0.15, 0.2) is 16.6 Å². The Morgan fingerprint density at radius 1 is 1.40 bits per heavy atom. The maximum absolute atomic E-state index is 9.31. The van der Waals surface area contributed by atoms with Gasteiger partial charge in [0.05, 0.1) is 24.8 Å². The first-order chi connectivity index (χ1) is 9.64. The fourth-order valence-electron chi connectivity index (χ4n) is 2.05. The van der Waals surface area contributed by atoms with Crippen molar-refractivity contribution in [3.8, 4) is 11.5 Å². The zero-order valence-corrected chi connectivity index (χ0v) is 13.6. The Morgan fingerprint density at radius 3 is 2.70 bits per heavy atom. The third-order valence-electron chi connectivity index (χ3n) is 3.56. The first-order valence-corrected chi connectivity index (χ1v) is 7.78. The summed E-state index contributed by atoms with van der Waals surface area (Å²) in [6.07, 6.45) is 3.04. The van der Waals surface area contributed by atoms with Crippen LogP contribution < -0.4 is 14.8 Å². The average Bonchev–Trinajstić information content (AvgIpc) is 3.24. The van der Waals surface area contributed by atoms with Crippen LogP contribution in [0.1, 0.15) is 31.7 Å². The Labute approximate surface area is 128 Å². The molecule has 1 fully saturated rings. The molecule has 0 aromatic heterocycles. The first-order valence-electron chi connectivity index (χ1n) is 6.99. The minimum atomic E-state index is -0.0584. The van der Waals surface area contributed by atoms with Gasteiger partial charge >= 0.3 is 0 Å². The normalized spacial score (nSPS) is 16.0. The summed E-state index contributed by atoms with van der Waals surface area (Å²) in [5.74, 6) is 1.49. The summed E-state index contributed by atoms with van der Waals surface area (Å²) in [7, 11) is 1.65. The molecule has 0 atom stereocenters. The summed E-state index contributed by atoms with van der Waals surface area (Å²) in [4.78, 5) is 0. The number of aliphatic hydroxyl groups excluding tert-OH is 1. The van der Waals surface area contributed by atoms with Crippen molar-refractivity contribution in [3.05, 3.63) is 22.2 Å². The largest absolute Gasteiger partial charge is 0.493 e. The second-order valence-corrected chi connectivity index (χ2v) is 6.10. The molecule has 0 spiro atoms. The molecule has 4 nitrogen and oxygen atoms in total. The predicted molar refractivity (Wildman–Crippen MR) is 82.4 cm³/mol. The molecule has 1 aliphatic carbocycles. The van der Waals surface area contributed by atoms with Crippen LogP contribution in [0, 0.1) is 0 Å². The number of aliphatic hydroxyl groups is 1. The maximum Gasteiger partial charge on any atom is 0.175 e. The van der Waals surface area contributed by atoms with Crippen LogP contribution in [-0.4, -0.2) is 31.0 Å². The highest BCUT2D eigenvalue weighted by Gasteiger charge is 2.41. The van der Waals surface area contributed by atoms with Gasteiger partial charge in [0, 0.05) is 12.1 Å². The number of nitrogens with one attached hydrogen (secondary N) is 1. The molecule has 2 N–H and O–H groups in total. The van der Waals surface area contributed by atoms with Crippen molar-refractivity contribution in [3.63, 3.8) is 0 Å². The number of ether oxygens (including phenoxy) is 2. The fourth-order valence-corrected chi connectivity index (χ4v) is 2.65. The Morgan fingerprint density at radius 2 is 2.15 bits per heavy atom. The highest BCUT2D eigenvalue weighted by molar-refractivity contribution is 9.10. The average molecular weight is 344 g/mol. The molecule has 0 bridgehead atoms. The lowest BCUT2D eigenvalue weighted by Gasteiger charge is -2.17. The summed E-state index contributed by atoms with van der Waals surface area (Å²) >= 11 is 3.54. The van der Waals surface area contributed by atoms with Crippen LogP contribution in [0.5, 0.6) is 11.5 Å². The van der Waals surface area contributed by atoms with Crippen molar-refractivity contribution in [2.24, 2.45) is 0 Å². The number of halogens is 1. The third-order valence-corrected chi connectivity index (χ3v) is 4.15. The van der Waals surface area contributed by atoms with Gasteiger partial charge in [-0.25, -0.2) is 0 Å². The fraction of sp³-hybridized carbons (Fsp3) is 0.600. The summed E-state index contributed by atoms with van der Waals surface area (Å²) < 4.78 is 12.0. The van der Waals surface area contributed by atoms with E-state index in [-0.39, 0.29) is 12.1 Å². The van der Waals surface area contributed by atoms with Crippen LogP contribution in [0.4, 0.5) is 0 Å². The zero-order valence-electron chi connectivity index (χ0n) is 12.0. The summed E-state index contributed by atoms with van der Waals surface area (Å²) in [5.41, 5.74) is 1.05. The highest BCUT2D eigenvalue weighted by atomic mass is 79.9. The van der Waals surface area contributed by atoms with Crippen molar-refractivity contribution in [1.29, 1.82) is 0 Å². The molecule has 0 saturated heterocycles. The Kier molecular flexibility index (Phi) is 5.29. The van der Waals surface area contributed by atoms with E-state index in [0.717, 1.165) is 40.8 Å². The minimum absolute atomic E-state index is 0.0584. The van der Waals surface area contributed by atoms with Crippen molar-refractivity contribution < 1.29 is 14.6 Å². The molecular weight excluding hydrogens is 322 g/mol. The van der Waals surface area contributed by atoms with E-state index in [1.54, 1.807) is 7.11 Å². The Balaban J connectivity index is 2.08. The number of hydrogen-bond acceptors (Lipinski definition) is 4. The van der Waals surface area contributed by atoms with Gasteiger partial charge in [-0.05, 0) is 52.9 Å². The molecule has 0 heterocycles. The van der Waals surface area contributed by atoms with E-state index >= 15 is 0 Å². The molecule has 2 rings (SSSR count). The molecular formula is C15H22BrNO3. The molecule has 5 heteroatoms. The standard InChI is InChI=1S/C15H22BrNO3/c1-3-6-20-14-12(16)7-11(8-13(14)19-2)9-17-15(10-18)4-5-15/h7-8,17-18H,3-6,9-10H2,1-2H3. The Bertz CT molecular complexity index is 461. The molecule has 20 heavy (non-hydrogen) atoms. The van der Waals surface area contributed by atoms with Crippen LogP contribution in [-0.2, 0) is 6.54 Å². The zero-order chi connectivity index (χ0) is 14.6. The molecule has 0 unspecified atom stereocenters. The lowest BCUT2D eigenvalue weighted by atomic mass is 10.1. The SMILES string of the molecule is CCCOc1c(Br)cc(CNC2(CO)CC2)cc1OC. The lowest BCUT2D eigenvalue weighted by molar-refractivity contribution is 0.229. The van der Waals surface area contributed by atoms with E-state index in [4.69, 9.17) is 9.47 Å². The van der Waals surface area contributed by atoms with E-state index in [1.165, 1.54) is 0 Å². The van der Waals surface area contributed by atoms with Crippen molar-refractivity contribution in [2.45, 2.75) is 38.3 Å². The number of benzene rings is 1. The van der Waals surface area contributed by atoms with Crippen molar-refractivity contribution in [2.75, 3.05) is 20.3 Å². The van der Waals surface area contributed by atoms with E-state index in [0.29, 0.717) is 13.2 Å². The number of methoxy groups -OCH3 is 1. The molecule has 1 aliphatic rings. The van der Waals surface area contributed by atoms with Gasteiger partial charge in [-0.1, -0.05) is 6.92 Å². The number of hydrogen-bond donors (Lipinski definition) is 2. The van der Waals surface area contributed by atoms with Crippen molar-refractivity contribution in [1.82, 2.24) is 5.32 Å². The van der Waals surface area contributed by atoms with E-state index in [9.17, 15) is 5.11 Å².